The molecule has 0 radical (unpaired) electrons. The third kappa shape index (κ3) is 4.57. The van der Waals surface area contributed by atoms with Crippen LogP contribution in [0.5, 0.6) is 0 Å². The van der Waals surface area contributed by atoms with Crippen LogP contribution in [-0.4, -0.2) is 45.0 Å². The van der Waals surface area contributed by atoms with Crippen molar-refractivity contribution in [3.63, 3.8) is 0 Å². The zero-order chi connectivity index (χ0) is 11.8. The predicted molar refractivity (Wildman–Crippen MR) is 66.1 cm³/mol. The van der Waals surface area contributed by atoms with Crippen LogP contribution in [0.3, 0.4) is 0 Å². The van der Waals surface area contributed by atoms with Gasteiger partial charge in [-0.25, -0.2) is 4.98 Å². The Kier molecular flexibility index (Phi) is 6.56. The van der Waals surface area contributed by atoms with Gasteiger partial charge in [0.1, 0.15) is 0 Å². The summed E-state index contributed by atoms with van der Waals surface area (Å²) < 4.78 is 10.3. The van der Waals surface area contributed by atoms with Crippen molar-refractivity contribution in [1.29, 1.82) is 0 Å². The van der Waals surface area contributed by atoms with Crippen LogP contribution in [0.4, 0.5) is 0 Å². The van der Waals surface area contributed by atoms with Crippen LogP contribution in [0.25, 0.3) is 0 Å². The highest BCUT2D eigenvalue weighted by Gasteiger charge is 2.06. The van der Waals surface area contributed by atoms with Gasteiger partial charge in [0.25, 0.3) is 0 Å². The van der Waals surface area contributed by atoms with E-state index in [1.165, 1.54) is 4.88 Å². The Hall–Kier alpha value is -0.490. The summed E-state index contributed by atoms with van der Waals surface area (Å²) in [5.74, 6) is 0. The van der Waals surface area contributed by atoms with E-state index < -0.39 is 0 Å². The summed E-state index contributed by atoms with van der Waals surface area (Å²) in [6.07, 6.45) is 1.16. The lowest BCUT2D eigenvalue weighted by atomic mass is 10.3. The third-order valence-corrected chi connectivity index (χ3v) is 3.43. The molecule has 1 rings (SSSR count). The summed E-state index contributed by atoms with van der Waals surface area (Å²) in [6.45, 7) is 4.45. The van der Waals surface area contributed by atoms with Gasteiger partial charge in [-0.3, -0.25) is 0 Å². The molecule has 0 spiro atoms. The van der Waals surface area contributed by atoms with Gasteiger partial charge in [-0.15, -0.1) is 11.3 Å². The number of nitrogens with one attached hydrogen (secondary N) is 1. The maximum Gasteiger partial charge on any atom is 0.0928 e. The van der Waals surface area contributed by atoms with Crippen LogP contribution in [0, 0.1) is 6.92 Å². The van der Waals surface area contributed by atoms with Crippen molar-refractivity contribution in [1.82, 2.24) is 10.3 Å². The summed E-state index contributed by atoms with van der Waals surface area (Å²) in [6, 6.07) is 0. The van der Waals surface area contributed by atoms with Gasteiger partial charge in [0.2, 0.25) is 0 Å². The SMILES string of the molecule is COCC(CNCCc1scnc1C)OC. The minimum Gasteiger partial charge on any atom is -0.382 e. The standard InChI is InChI=1S/C11H20N2O2S/c1-9-11(16-8-13-9)4-5-12-6-10(15-3)7-14-2/h8,10,12H,4-7H2,1-3H3. The lowest BCUT2D eigenvalue weighted by Crippen LogP contribution is -2.32. The van der Waals surface area contributed by atoms with Crippen LogP contribution >= 0.6 is 11.3 Å². The van der Waals surface area contributed by atoms with E-state index in [0.717, 1.165) is 25.2 Å². The van der Waals surface area contributed by atoms with Crippen molar-refractivity contribution in [3.8, 4) is 0 Å². The highest BCUT2D eigenvalue weighted by atomic mass is 32.1. The molecule has 1 aromatic heterocycles. The fourth-order valence-electron chi connectivity index (χ4n) is 1.43. The number of aryl methyl sites for hydroxylation is 1. The lowest BCUT2D eigenvalue weighted by Gasteiger charge is -2.14. The van der Waals surface area contributed by atoms with E-state index in [-0.39, 0.29) is 6.10 Å². The molecule has 0 bridgehead atoms. The molecule has 92 valence electrons. The van der Waals surface area contributed by atoms with E-state index in [9.17, 15) is 0 Å². The molecule has 0 aliphatic heterocycles. The Morgan fingerprint density at radius 3 is 2.88 bits per heavy atom. The monoisotopic (exact) mass is 244 g/mol. The first-order valence-electron chi connectivity index (χ1n) is 5.39. The number of ether oxygens (including phenoxy) is 2. The Labute approximate surface area is 101 Å². The smallest absolute Gasteiger partial charge is 0.0928 e. The van der Waals surface area contributed by atoms with Crippen LogP contribution in [0.2, 0.25) is 0 Å². The highest BCUT2D eigenvalue weighted by Crippen LogP contribution is 2.11. The summed E-state index contributed by atoms with van der Waals surface area (Å²) in [5, 5.41) is 3.36. The van der Waals surface area contributed by atoms with Crippen LogP contribution in [0.1, 0.15) is 10.6 Å². The van der Waals surface area contributed by atoms with Gasteiger partial charge >= 0.3 is 0 Å². The molecule has 0 amide bonds. The Balaban J connectivity index is 2.14. The second-order valence-electron chi connectivity index (χ2n) is 3.63. The van der Waals surface area contributed by atoms with Gasteiger partial charge in [0.15, 0.2) is 0 Å². The van der Waals surface area contributed by atoms with Gasteiger partial charge in [0.05, 0.1) is 23.9 Å². The summed E-state index contributed by atoms with van der Waals surface area (Å²) in [4.78, 5) is 5.58. The molecule has 0 saturated heterocycles. The summed E-state index contributed by atoms with van der Waals surface area (Å²) in [5.41, 5.74) is 3.04. The Morgan fingerprint density at radius 1 is 1.50 bits per heavy atom. The number of hydrogen-bond acceptors (Lipinski definition) is 5. The van der Waals surface area contributed by atoms with Gasteiger partial charge in [0, 0.05) is 32.2 Å². The fraction of sp³-hybridized carbons (Fsp3) is 0.727. The molecule has 1 unspecified atom stereocenters. The third-order valence-electron chi connectivity index (χ3n) is 2.43. The Morgan fingerprint density at radius 2 is 2.31 bits per heavy atom. The average Bonchev–Trinajstić information content (AvgIpc) is 2.69. The van der Waals surface area contributed by atoms with Gasteiger partial charge < -0.3 is 14.8 Å². The van der Waals surface area contributed by atoms with Crippen LogP contribution in [0.15, 0.2) is 5.51 Å². The van der Waals surface area contributed by atoms with E-state index in [2.05, 4.69) is 17.2 Å². The predicted octanol–water partition coefficient (Wildman–Crippen LogP) is 1.25. The number of rotatable bonds is 8. The molecule has 0 aromatic carbocycles. The molecule has 1 atom stereocenters. The van der Waals surface area contributed by atoms with Crippen LogP contribution < -0.4 is 5.32 Å². The molecule has 1 aromatic rings. The molecular weight excluding hydrogens is 224 g/mol. The molecular formula is C11H20N2O2S. The van der Waals surface area contributed by atoms with Crippen molar-refractivity contribution < 1.29 is 9.47 Å². The summed E-state index contributed by atoms with van der Waals surface area (Å²) in [7, 11) is 3.39. The first kappa shape index (κ1) is 13.6. The minimum atomic E-state index is 0.132. The van der Waals surface area contributed by atoms with Crippen molar-refractivity contribution >= 4 is 11.3 Å². The molecule has 0 aliphatic carbocycles. The van der Waals surface area contributed by atoms with E-state index in [1.54, 1.807) is 25.6 Å². The van der Waals surface area contributed by atoms with E-state index >= 15 is 0 Å². The molecule has 0 fully saturated rings. The molecule has 0 aliphatic rings. The van der Waals surface area contributed by atoms with Crippen molar-refractivity contribution in [2.45, 2.75) is 19.4 Å². The number of hydrogen-bond donors (Lipinski definition) is 1. The molecule has 1 heterocycles. The maximum absolute atomic E-state index is 5.25. The molecule has 4 nitrogen and oxygen atoms in total. The van der Waals surface area contributed by atoms with E-state index in [1.807, 2.05) is 5.51 Å². The van der Waals surface area contributed by atoms with E-state index in [0.29, 0.717) is 6.61 Å². The zero-order valence-electron chi connectivity index (χ0n) is 10.2. The topological polar surface area (TPSA) is 43.4 Å². The highest BCUT2D eigenvalue weighted by molar-refractivity contribution is 7.09. The number of methoxy groups -OCH3 is 2. The quantitative estimate of drug-likeness (QED) is 0.699. The molecule has 5 heteroatoms. The molecule has 0 saturated carbocycles. The minimum absolute atomic E-state index is 0.132. The van der Waals surface area contributed by atoms with Gasteiger partial charge in [-0.05, 0) is 13.3 Å². The Bertz CT molecular complexity index is 291. The van der Waals surface area contributed by atoms with Crippen molar-refractivity contribution in [2.24, 2.45) is 0 Å². The second kappa shape index (κ2) is 7.73. The molecule has 16 heavy (non-hydrogen) atoms. The number of aromatic nitrogens is 1. The second-order valence-corrected chi connectivity index (χ2v) is 4.57. The van der Waals surface area contributed by atoms with E-state index in [4.69, 9.17) is 9.47 Å². The molecule has 1 N–H and O–H groups in total. The maximum atomic E-state index is 5.25. The van der Waals surface area contributed by atoms with Crippen LogP contribution in [-0.2, 0) is 15.9 Å². The first-order chi connectivity index (χ1) is 7.77. The normalized spacial score (nSPS) is 12.9. The average molecular weight is 244 g/mol. The van der Waals surface area contributed by atoms with Gasteiger partial charge in [-0.1, -0.05) is 0 Å². The van der Waals surface area contributed by atoms with Crippen molar-refractivity contribution in [2.75, 3.05) is 33.9 Å². The van der Waals surface area contributed by atoms with Crippen molar-refractivity contribution in [3.05, 3.63) is 16.1 Å². The fourth-order valence-corrected chi connectivity index (χ4v) is 2.21. The lowest BCUT2D eigenvalue weighted by molar-refractivity contribution is 0.0291. The summed E-state index contributed by atoms with van der Waals surface area (Å²) >= 11 is 1.72. The largest absolute Gasteiger partial charge is 0.382 e. The zero-order valence-corrected chi connectivity index (χ0v) is 11.0. The number of nitrogens with zero attached hydrogens (tertiary/aromatic N) is 1. The first-order valence-corrected chi connectivity index (χ1v) is 6.27. The van der Waals surface area contributed by atoms with Gasteiger partial charge in [-0.2, -0.15) is 0 Å². The number of thiazole rings is 1.